The number of thiol groups is 1. The van der Waals surface area contributed by atoms with Crippen LogP contribution in [0.1, 0.15) is 17.2 Å². The van der Waals surface area contributed by atoms with E-state index in [9.17, 15) is 27.9 Å². The second kappa shape index (κ2) is 7.67. The van der Waals surface area contributed by atoms with Crippen LogP contribution in [-0.4, -0.2) is 62.7 Å². The van der Waals surface area contributed by atoms with E-state index in [1.165, 1.54) is 4.90 Å². The van der Waals surface area contributed by atoms with Crippen LogP contribution in [0.5, 0.6) is 0 Å². The highest BCUT2D eigenvalue weighted by Gasteiger charge is 2.60. The van der Waals surface area contributed by atoms with Crippen molar-refractivity contribution in [3.05, 3.63) is 41.4 Å². The first-order valence-electron chi connectivity index (χ1n) is 8.45. The molecule has 1 unspecified atom stereocenters. The molecule has 3 N–H and O–H groups in total. The predicted octanol–water partition coefficient (Wildman–Crippen LogP) is 1.23. The largest absolute Gasteiger partial charge is 0.490 e. The van der Waals surface area contributed by atoms with Gasteiger partial charge in [-0.1, -0.05) is 0 Å². The van der Waals surface area contributed by atoms with Crippen LogP contribution in [0, 0.1) is 5.92 Å². The van der Waals surface area contributed by atoms with Crippen LogP contribution in [0.25, 0.3) is 0 Å². The van der Waals surface area contributed by atoms with Crippen LogP contribution >= 0.6 is 12.6 Å². The third-order valence-electron chi connectivity index (χ3n) is 5.05. The summed E-state index contributed by atoms with van der Waals surface area (Å²) in [5.41, 5.74) is 1.71. The molecule has 3 aliphatic rings. The fourth-order valence-corrected chi connectivity index (χ4v) is 4.21. The molecule has 0 aromatic carbocycles. The Morgan fingerprint density at radius 2 is 1.86 bits per heavy atom. The smallest absolute Gasteiger partial charge is 0.477 e. The summed E-state index contributed by atoms with van der Waals surface area (Å²) in [6, 6.07) is 3.42. The van der Waals surface area contributed by atoms with Crippen molar-refractivity contribution in [2.45, 2.75) is 29.9 Å². The number of aliphatic carboxylic acids is 2. The van der Waals surface area contributed by atoms with E-state index in [1.54, 1.807) is 12.4 Å². The molecular formula is C17H16F3N3O5S. The maximum Gasteiger partial charge on any atom is 0.490 e. The number of rotatable bonds is 3. The summed E-state index contributed by atoms with van der Waals surface area (Å²) in [6.07, 6.45) is -1.11. The molecule has 1 amide bonds. The van der Waals surface area contributed by atoms with Crippen molar-refractivity contribution in [3.8, 4) is 0 Å². The van der Waals surface area contributed by atoms with Crippen LogP contribution in [0.15, 0.2) is 35.8 Å². The lowest BCUT2D eigenvalue weighted by Gasteiger charge is -2.49. The quantitative estimate of drug-likeness (QED) is 0.420. The van der Waals surface area contributed by atoms with Gasteiger partial charge in [0, 0.05) is 18.9 Å². The van der Waals surface area contributed by atoms with Crippen LogP contribution in [0.4, 0.5) is 13.2 Å². The fourth-order valence-electron chi connectivity index (χ4n) is 3.81. The Balaban J connectivity index is 0.000000298. The lowest BCUT2D eigenvalue weighted by atomic mass is 9.78. The Morgan fingerprint density at radius 3 is 2.38 bits per heavy atom. The Hall–Kier alpha value is -2.60. The van der Waals surface area contributed by atoms with E-state index in [-0.39, 0.29) is 34.9 Å². The van der Waals surface area contributed by atoms with Crippen LogP contribution in [0.3, 0.4) is 0 Å². The van der Waals surface area contributed by atoms with Gasteiger partial charge in [-0.15, -0.1) is 0 Å². The number of alkyl halides is 3. The number of halogens is 3. The molecule has 29 heavy (non-hydrogen) atoms. The first kappa shape index (κ1) is 21.1. The number of carboxylic acids is 2. The SMILES string of the molecule is O=C(O)C(F)(F)F.O=C(O)C1=C(C(S)c2ccncc2)C[C@@H]2CN[C@@H]3C(=O)N1[C@H]23. The highest BCUT2D eigenvalue weighted by Crippen LogP contribution is 2.47. The molecular weight excluding hydrogens is 415 g/mol. The van der Waals surface area contributed by atoms with E-state index in [2.05, 4.69) is 22.9 Å². The molecule has 1 aromatic heterocycles. The molecule has 8 nitrogen and oxygen atoms in total. The third kappa shape index (κ3) is 3.81. The lowest BCUT2D eigenvalue weighted by molar-refractivity contribution is -0.192. The summed E-state index contributed by atoms with van der Waals surface area (Å²) < 4.78 is 31.7. The summed E-state index contributed by atoms with van der Waals surface area (Å²) >= 11 is 4.63. The predicted molar refractivity (Wildman–Crippen MR) is 94.8 cm³/mol. The second-order valence-corrected chi connectivity index (χ2v) is 7.23. The standard InChI is InChI=1S/C15H15N3O3S.C2HF3O2/c19-14-10-11-8(6-17-10)5-9(12(15(20)21)18(11)14)13(22)7-1-3-16-4-2-7;3-2(4,5)1(6)7/h1-4,8,10-11,13,17,22H,5-6H2,(H,20,21);(H,6,7)/t8-,10+,11-,13?;/m1./s1. The summed E-state index contributed by atoms with van der Waals surface area (Å²) in [7, 11) is 0. The Labute approximate surface area is 167 Å². The van der Waals surface area contributed by atoms with Crippen molar-refractivity contribution in [2.75, 3.05) is 6.54 Å². The maximum atomic E-state index is 12.2. The zero-order chi connectivity index (χ0) is 21.5. The van der Waals surface area contributed by atoms with Gasteiger partial charge in [-0.3, -0.25) is 14.7 Å². The highest BCUT2D eigenvalue weighted by atomic mass is 32.1. The average molecular weight is 431 g/mol. The van der Waals surface area contributed by atoms with Crippen molar-refractivity contribution < 1.29 is 37.8 Å². The molecule has 0 radical (unpaired) electrons. The molecule has 0 aliphatic carbocycles. The van der Waals surface area contributed by atoms with Crippen LogP contribution in [-0.2, 0) is 14.4 Å². The number of β-lactam (4-membered cyclic amide) rings is 1. The number of hydrogen-bond donors (Lipinski definition) is 4. The molecule has 4 heterocycles. The topological polar surface area (TPSA) is 120 Å². The average Bonchev–Trinajstić information content (AvgIpc) is 3.07. The molecule has 3 aliphatic heterocycles. The zero-order valence-electron chi connectivity index (χ0n) is 14.6. The minimum absolute atomic E-state index is 0.0136. The van der Waals surface area contributed by atoms with Gasteiger partial charge in [0.2, 0.25) is 5.91 Å². The molecule has 156 valence electrons. The number of nitrogens with zero attached hydrogens (tertiary/aromatic N) is 2. The molecule has 0 spiro atoms. The van der Waals surface area contributed by atoms with Crippen molar-refractivity contribution in [2.24, 2.45) is 5.92 Å². The number of carbonyl (C=O) groups excluding carboxylic acids is 1. The van der Waals surface area contributed by atoms with E-state index in [4.69, 9.17) is 9.90 Å². The van der Waals surface area contributed by atoms with Gasteiger partial charge < -0.3 is 15.5 Å². The molecule has 2 saturated heterocycles. The van der Waals surface area contributed by atoms with Crippen molar-refractivity contribution in [3.63, 3.8) is 0 Å². The van der Waals surface area contributed by atoms with Gasteiger partial charge in [-0.05, 0) is 35.6 Å². The number of carbonyl (C=O) groups is 3. The summed E-state index contributed by atoms with van der Waals surface area (Å²) in [6.45, 7) is 0.741. The number of pyridine rings is 1. The zero-order valence-corrected chi connectivity index (χ0v) is 15.5. The van der Waals surface area contributed by atoms with Gasteiger partial charge in [-0.2, -0.15) is 25.8 Å². The lowest BCUT2D eigenvalue weighted by Crippen LogP contribution is -2.68. The van der Waals surface area contributed by atoms with Gasteiger partial charge in [0.25, 0.3) is 0 Å². The van der Waals surface area contributed by atoms with Crippen LogP contribution < -0.4 is 5.32 Å². The van der Waals surface area contributed by atoms with E-state index < -0.39 is 18.1 Å². The van der Waals surface area contributed by atoms with E-state index in [0.29, 0.717) is 12.0 Å². The Bertz CT molecular complexity index is 877. The molecule has 2 fully saturated rings. The number of hydrogen-bond acceptors (Lipinski definition) is 6. The second-order valence-electron chi connectivity index (χ2n) is 6.71. The van der Waals surface area contributed by atoms with Gasteiger partial charge in [0.15, 0.2) is 0 Å². The van der Waals surface area contributed by atoms with Crippen LogP contribution in [0.2, 0.25) is 0 Å². The van der Waals surface area contributed by atoms with Gasteiger partial charge in [0.05, 0.1) is 11.3 Å². The molecule has 1 aromatic rings. The number of carboxylic acid groups (broad SMARTS) is 2. The Kier molecular flexibility index (Phi) is 5.59. The number of nitrogens with one attached hydrogen (secondary N) is 1. The summed E-state index contributed by atoms with van der Waals surface area (Å²) in [5.74, 6) is -3.69. The molecule has 4 rings (SSSR count). The molecule has 0 saturated carbocycles. The van der Waals surface area contributed by atoms with E-state index in [0.717, 1.165) is 12.1 Å². The van der Waals surface area contributed by atoms with Gasteiger partial charge in [0.1, 0.15) is 11.7 Å². The van der Waals surface area contributed by atoms with Gasteiger partial charge in [-0.25, -0.2) is 9.59 Å². The first-order chi connectivity index (χ1) is 13.5. The monoisotopic (exact) mass is 431 g/mol. The van der Waals surface area contributed by atoms with Crippen molar-refractivity contribution in [1.82, 2.24) is 15.2 Å². The number of amides is 1. The minimum atomic E-state index is -5.08. The summed E-state index contributed by atoms with van der Waals surface area (Å²) in [5, 5.41) is 19.6. The Morgan fingerprint density at radius 1 is 1.28 bits per heavy atom. The van der Waals surface area contributed by atoms with Crippen molar-refractivity contribution >= 4 is 30.5 Å². The third-order valence-corrected chi connectivity index (χ3v) is 5.66. The maximum absolute atomic E-state index is 12.2. The number of aromatic nitrogens is 1. The molecule has 4 atom stereocenters. The highest BCUT2D eigenvalue weighted by molar-refractivity contribution is 7.80. The molecule has 12 heteroatoms. The summed E-state index contributed by atoms with van der Waals surface area (Å²) in [4.78, 5) is 38.3. The van der Waals surface area contributed by atoms with E-state index in [1.807, 2.05) is 12.1 Å². The normalized spacial score (nSPS) is 26.1. The van der Waals surface area contributed by atoms with Crippen molar-refractivity contribution in [1.29, 1.82) is 0 Å². The van der Waals surface area contributed by atoms with Gasteiger partial charge >= 0.3 is 18.1 Å². The molecule has 0 bridgehead atoms. The minimum Gasteiger partial charge on any atom is -0.477 e. The van der Waals surface area contributed by atoms with E-state index >= 15 is 0 Å². The fraction of sp³-hybridized carbons (Fsp3) is 0.412. The first-order valence-corrected chi connectivity index (χ1v) is 8.96.